The maximum atomic E-state index is 14.0. The molecule has 4 rings (SSSR count). The first-order valence-corrected chi connectivity index (χ1v) is 9.97. The fourth-order valence-electron chi connectivity index (χ4n) is 3.35. The molecule has 2 aromatic heterocycles. The van der Waals surface area contributed by atoms with E-state index in [0.29, 0.717) is 23.4 Å². The fraction of sp³-hybridized carbons (Fsp3) is 0.238. The molecule has 0 spiro atoms. The van der Waals surface area contributed by atoms with Crippen LogP contribution in [0.1, 0.15) is 15.4 Å². The highest BCUT2D eigenvalue weighted by atomic mass is 32.1. The second-order valence-corrected chi connectivity index (χ2v) is 7.89. The summed E-state index contributed by atoms with van der Waals surface area (Å²) in [6.07, 6.45) is 1.34. The Morgan fingerprint density at radius 3 is 2.54 bits per heavy atom. The average Bonchev–Trinajstić information content (AvgIpc) is 3.17. The highest BCUT2D eigenvalue weighted by molar-refractivity contribution is 7.15. The van der Waals surface area contributed by atoms with Gasteiger partial charge in [-0.05, 0) is 24.3 Å². The molecule has 3 heterocycles. The first kappa shape index (κ1) is 18.6. The molecule has 5 nitrogen and oxygen atoms in total. The van der Waals surface area contributed by atoms with Gasteiger partial charge in [0.05, 0.1) is 0 Å². The van der Waals surface area contributed by atoms with Crippen LogP contribution in [0.5, 0.6) is 0 Å². The van der Waals surface area contributed by atoms with E-state index < -0.39 is 0 Å². The van der Waals surface area contributed by atoms with Crippen molar-refractivity contribution in [2.75, 3.05) is 26.2 Å². The van der Waals surface area contributed by atoms with Crippen molar-refractivity contribution in [1.82, 2.24) is 9.80 Å². The second kappa shape index (κ2) is 8.08. The standard InChI is InChI=1S/C21H20FN3O2S/c22-18-6-2-1-5-17(18)20-9-8-16(28-20)15-23-11-13-24(14-12-23)21(26)19-7-3-4-10-25(19)27/h1-10H,11-15H2. The zero-order valence-corrected chi connectivity index (χ0v) is 16.1. The summed E-state index contributed by atoms with van der Waals surface area (Å²) >= 11 is 1.59. The van der Waals surface area contributed by atoms with Crippen LogP contribution in [0.25, 0.3) is 10.4 Å². The predicted octanol–water partition coefficient (Wildman–Crippen LogP) is 3.15. The molecule has 1 amide bonds. The Morgan fingerprint density at radius 2 is 1.79 bits per heavy atom. The Kier molecular flexibility index (Phi) is 5.36. The van der Waals surface area contributed by atoms with E-state index in [9.17, 15) is 14.4 Å². The number of benzene rings is 1. The van der Waals surface area contributed by atoms with Gasteiger partial charge >= 0.3 is 5.91 Å². The third-order valence-electron chi connectivity index (χ3n) is 4.88. The Morgan fingerprint density at radius 1 is 1.04 bits per heavy atom. The summed E-state index contributed by atoms with van der Waals surface area (Å²) in [6, 6.07) is 15.7. The molecule has 0 unspecified atom stereocenters. The number of aromatic nitrogens is 1. The van der Waals surface area contributed by atoms with Crippen molar-refractivity contribution >= 4 is 17.2 Å². The zero-order chi connectivity index (χ0) is 19.5. The van der Waals surface area contributed by atoms with Gasteiger partial charge in [0, 0.05) is 60.2 Å². The molecule has 0 saturated carbocycles. The molecule has 7 heteroatoms. The van der Waals surface area contributed by atoms with E-state index in [1.165, 1.54) is 17.1 Å². The van der Waals surface area contributed by atoms with Crippen molar-refractivity contribution in [3.05, 3.63) is 82.4 Å². The van der Waals surface area contributed by atoms with Gasteiger partial charge in [-0.1, -0.05) is 18.2 Å². The van der Waals surface area contributed by atoms with Crippen molar-refractivity contribution < 1.29 is 13.9 Å². The number of carbonyl (C=O) groups excluding carboxylic acids is 1. The number of hydrogen-bond donors (Lipinski definition) is 0. The van der Waals surface area contributed by atoms with Crippen molar-refractivity contribution in [2.24, 2.45) is 0 Å². The minimum Gasteiger partial charge on any atom is -0.618 e. The highest BCUT2D eigenvalue weighted by Gasteiger charge is 2.26. The normalized spacial score (nSPS) is 15.0. The Hall–Kier alpha value is -2.77. The van der Waals surface area contributed by atoms with E-state index in [0.717, 1.165) is 24.5 Å². The molecule has 1 aromatic carbocycles. The molecule has 28 heavy (non-hydrogen) atoms. The van der Waals surface area contributed by atoms with E-state index in [1.807, 2.05) is 18.2 Å². The highest BCUT2D eigenvalue weighted by Crippen LogP contribution is 2.30. The summed E-state index contributed by atoms with van der Waals surface area (Å²) in [5.74, 6) is -0.437. The molecular formula is C21H20FN3O2S. The molecule has 1 saturated heterocycles. The van der Waals surface area contributed by atoms with Crippen LogP contribution in [-0.2, 0) is 6.54 Å². The molecule has 0 N–H and O–H groups in total. The number of carbonyl (C=O) groups is 1. The number of halogens is 1. The van der Waals surface area contributed by atoms with E-state index in [4.69, 9.17) is 0 Å². The second-order valence-electron chi connectivity index (χ2n) is 6.73. The fourth-order valence-corrected chi connectivity index (χ4v) is 4.43. The van der Waals surface area contributed by atoms with E-state index in [-0.39, 0.29) is 17.4 Å². The van der Waals surface area contributed by atoms with E-state index >= 15 is 0 Å². The first-order chi connectivity index (χ1) is 13.6. The monoisotopic (exact) mass is 397 g/mol. The summed E-state index contributed by atoms with van der Waals surface area (Å²) in [7, 11) is 0. The Balaban J connectivity index is 1.36. The van der Waals surface area contributed by atoms with Crippen molar-refractivity contribution in [3.63, 3.8) is 0 Å². The van der Waals surface area contributed by atoms with Gasteiger partial charge in [-0.3, -0.25) is 9.69 Å². The number of thiophene rings is 1. The number of hydrogen-bond acceptors (Lipinski definition) is 4. The average molecular weight is 397 g/mol. The Labute approximate surface area is 166 Å². The van der Waals surface area contributed by atoms with E-state index in [1.54, 1.807) is 46.6 Å². The van der Waals surface area contributed by atoms with Crippen molar-refractivity contribution in [2.45, 2.75) is 6.54 Å². The van der Waals surface area contributed by atoms with Gasteiger partial charge in [0.15, 0.2) is 6.20 Å². The van der Waals surface area contributed by atoms with Crippen LogP contribution in [0.15, 0.2) is 60.8 Å². The molecule has 144 valence electrons. The maximum Gasteiger partial charge on any atom is 0.320 e. The molecular weight excluding hydrogens is 377 g/mol. The van der Waals surface area contributed by atoms with Crippen molar-refractivity contribution in [1.29, 1.82) is 0 Å². The number of pyridine rings is 1. The Bertz CT molecular complexity index is 983. The van der Waals surface area contributed by atoms with Crippen LogP contribution in [-0.4, -0.2) is 41.9 Å². The van der Waals surface area contributed by atoms with Gasteiger partial charge in [0.1, 0.15) is 5.82 Å². The quantitative estimate of drug-likeness (QED) is 0.502. The van der Waals surface area contributed by atoms with Crippen LogP contribution in [0.2, 0.25) is 0 Å². The third-order valence-corrected chi connectivity index (χ3v) is 5.99. The summed E-state index contributed by atoms with van der Waals surface area (Å²) < 4.78 is 14.6. The number of nitrogens with zero attached hydrogens (tertiary/aromatic N) is 3. The van der Waals surface area contributed by atoms with Crippen molar-refractivity contribution in [3.8, 4) is 10.4 Å². The molecule has 0 radical (unpaired) electrons. The van der Waals surface area contributed by atoms with Gasteiger partial charge in [-0.15, -0.1) is 11.3 Å². The first-order valence-electron chi connectivity index (χ1n) is 9.15. The third kappa shape index (κ3) is 3.90. The van der Waals surface area contributed by atoms with Crippen LogP contribution in [0.4, 0.5) is 4.39 Å². The SMILES string of the molecule is O=C(c1cccc[n+]1[O-])N1CCN(Cc2ccc(-c3ccccc3F)s2)CC1. The predicted molar refractivity (Wildman–Crippen MR) is 106 cm³/mol. The molecule has 1 aliphatic rings. The van der Waals surface area contributed by atoms with Crippen LogP contribution < -0.4 is 4.73 Å². The van der Waals surface area contributed by atoms with E-state index in [2.05, 4.69) is 4.90 Å². The van der Waals surface area contributed by atoms with Gasteiger partial charge in [-0.2, -0.15) is 4.73 Å². The minimum atomic E-state index is -0.229. The lowest BCUT2D eigenvalue weighted by Crippen LogP contribution is -2.50. The van der Waals surface area contributed by atoms with Crippen LogP contribution in [0.3, 0.4) is 0 Å². The van der Waals surface area contributed by atoms with Crippen LogP contribution in [0, 0.1) is 11.0 Å². The summed E-state index contributed by atoms with van der Waals surface area (Å²) in [5.41, 5.74) is 0.784. The van der Waals surface area contributed by atoms with Gasteiger partial charge in [0.2, 0.25) is 0 Å². The van der Waals surface area contributed by atoms with Gasteiger partial charge in [0.25, 0.3) is 5.69 Å². The summed E-state index contributed by atoms with van der Waals surface area (Å²) in [6.45, 7) is 3.42. The lowest BCUT2D eigenvalue weighted by Gasteiger charge is -2.33. The summed E-state index contributed by atoms with van der Waals surface area (Å²) in [5, 5.41) is 11.8. The van der Waals surface area contributed by atoms with Crippen LogP contribution >= 0.6 is 11.3 Å². The number of rotatable bonds is 4. The van der Waals surface area contributed by atoms with Gasteiger partial charge < -0.3 is 10.1 Å². The number of amides is 1. The molecule has 0 aliphatic carbocycles. The minimum absolute atomic E-state index is 0.156. The smallest absolute Gasteiger partial charge is 0.320 e. The molecule has 1 fully saturated rings. The molecule has 0 atom stereocenters. The number of piperazine rings is 1. The maximum absolute atomic E-state index is 14.0. The zero-order valence-electron chi connectivity index (χ0n) is 15.3. The molecule has 3 aromatic rings. The summed E-state index contributed by atoms with van der Waals surface area (Å²) in [4.78, 5) is 18.6. The lowest BCUT2D eigenvalue weighted by molar-refractivity contribution is -0.608. The topological polar surface area (TPSA) is 50.5 Å². The van der Waals surface area contributed by atoms with Gasteiger partial charge in [-0.25, -0.2) is 4.39 Å². The largest absolute Gasteiger partial charge is 0.618 e. The lowest BCUT2D eigenvalue weighted by atomic mass is 10.2. The molecule has 1 aliphatic heterocycles. The molecule has 0 bridgehead atoms.